The Bertz CT molecular complexity index is 855. The zero-order valence-corrected chi connectivity index (χ0v) is 18.1. The number of rotatable bonds is 7. The van der Waals surface area contributed by atoms with E-state index >= 15 is 0 Å². The molecule has 32 heavy (non-hydrogen) atoms. The fourth-order valence-electron chi connectivity index (χ4n) is 3.14. The van der Waals surface area contributed by atoms with Gasteiger partial charge < -0.3 is 29.0 Å². The molecule has 1 aromatic rings. The van der Waals surface area contributed by atoms with Crippen molar-refractivity contribution in [2.24, 2.45) is 0 Å². The second kappa shape index (κ2) is 11.2. The highest BCUT2D eigenvalue weighted by Gasteiger charge is 2.52. The van der Waals surface area contributed by atoms with Crippen molar-refractivity contribution in [3.8, 4) is 0 Å². The molecule has 1 saturated heterocycles. The Kier molecular flexibility index (Phi) is 8.71. The molecule has 1 heterocycles. The maximum absolute atomic E-state index is 12.6. The average Bonchev–Trinajstić information content (AvgIpc) is 2.70. The Morgan fingerprint density at radius 3 is 1.97 bits per heavy atom. The zero-order chi connectivity index (χ0) is 23.8. The van der Waals surface area contributed by atoms with Gasteiger partial charge in [-0.05, 0) is 12.1 Å². The van der Waals surface area contributed by atoms with Crippen LogP contribution in [0.5, 0.6) is 0 Å². The molecule has 174 valence electrons. The van der Waals surface area contributed by atoms with E-state index in [1.165, 1.54) is 26.0 Å². The van der Waals surface area contributed by atoms with E-state index in [2.05, 4.69) is 5.32 Å². The zero-order valence-electron chi connectivity index (χ0n) is 18.1. The lowest BCUT2D eigenvalue weighted by molar-refractivity contribution is -0.263. The molecule has 0 saturated carbocycles. The SMILES string of the molecule is CC(=O)N[C@@H]1[C@@H](OC(=O)c2ccccc2)O[C@H](COC(C)=O)[C@@H](OC(C)=O)[C@@H]1OC(C)=O. The molecule has 0 unspecified atom stereocenters. The van der Waals surface area contributed by atoms with Crippen LogP contribution in [0.2, 0.25) is 0 Å². The molecule has 1 N–H and O–H groups in total. The lowest BCUT2D eigenvalue weighted by Crippen LogP contribution is -2.66. The van der Waals surface area contributed by atoms with E-state index < -0.39 is 67.0 Å². The number of ether oxygens (including phenoxy) is 5. The maximum Gasteiger partial charge on any atom is 0.340 e. The summed E-state index contributed by atoms with van der Waals surface area (Å²) in [4.78, 5) is 59.3. The highest BCUT2D eigenvalue weighted by Crippen LogP contribution is 2.28. The van der Waals surface area contributed by atoms with E-state index in [-0.39, 0.29) is 5.56 Å². The van der Waals surface area contributed by atoms with Crippen LogP contribution in [-0.2, 0) is 42.9 Å². The lowest BCUT2D eigenvalue weighted by Gasteiger charge is -2.44. The Balaban J connectivity index is 2.42. The van der Waals surface area contributed by atoms with Gasteiger partial charge in [0, 0.05) is 27.7 Å². The lowest BCUT2D eigenvalue weighted by atomic mass is 9.96. The van der Waals surface area contributed by atoms with Gasteiger partial charge in [-0.1, -0.05) is 18.2 Å². The predicted octanol–water partition coefficient (Wildman–Crippen LogP) is 0.499. The first-order valence-electron chi connectivity index (χ1n) is 9.75. The minimum absolute atomic E-state index is 0.209. The standard InChI is InChI=1S/C21H25NO10/c1-11(23)22-17-19(30-14(4)26)18(29-13(3)25)16(10-28-12(2)24)31-21(17)32-20(27)15-8-6-5-7-9-15/h5-9,16-19,21H,10H2,1-4H3,(H,22,23)/t16-,17+,18-,19-,21-/m1/s1. The first kappa shape index (κ1) is 24.8. The number of esters is 4. The predicted molar refractivity (Wildman–Crippen MR) is 106 cm³/mol. The van der Waals surface area contributed by atoms with Crippen LogP contribution in [0.4, 0.5) is 0 Å². The van der Waals surface area contributed by atoms with E-state index in [1.807, 2.05) is 0 Å². The van der Waals surface area contributed by atoms with Crippen molar-refractivity contribution in [2.45, 2.75) is 58.3 Å². The molecular weight excluding hydrogens is 426 g/mol. The molecule has 1 aliphatic rings. The topological polar surface area (TPSA) is 144 Å². The molecule has 0 spiro atoms. The third-order valence-electron chi connectivity index (χ3n) is 4.30. The summed E-state index contributed by atoms with van der Waals surface area (Å²) in [5, 5.41) is 2.52. The van der Waals surface area contributed by atoms with Crippen molar-refractivity contribution in [1.29, 1.82) is 0 Å². The van der Waals surface area contributed by atoms with Gasteiger partial charge in [0.2, 0.25) is 12.2 Å². The molecule has 5 atom stereocenters. The molecule has 1 amide bonds. The summed E-state index contributed by atoms with van der Waals surface area (Å²) >= 11 is 0. The van der Waals surface area contributed by atoms with Crippen LogP contribution in [0.25, 0.3) is 0 Å². The van der Waals surface area contributed by atoms with Crippen molar-refractivity contribution >= 4 is 29.8 Å². The summed E-state index contributed by atoms with van der Waals surface area (Å²) in [6.07, 6.45) is -5.18. The fraction of sp³-hybridized carbons (Fsp3) is 0.476. The van der Waals surface area contributed by atoms with Gasteiger partial charge in [0.1, 0.15) is 18.8 Å². The number of amides is 1. The van der Waals surface area contributed by atoms with Crippen molar-refractivity contribution in [2.75, 3.05) is 6.61 Å². The van der Waals surface area contributed by atoms with E-state index in [0.29, 0.717) is 0 Å². The minimum Gasteiger partial charge on any atom is -0.463 e. The molecule has 1 aromatic carbocycles. The third kappa shape index (κ3) is 7.05. The largest absolute Gasteiger partial charge is 0.463 e. The molecule has 11 nitrogen and oxygen atoms in total. The average molecular weight is 451 g/mol. The summed E-state index contributed by atoms with van der Waals surface area (Å²) in [6.45, 7) is 4.23. The fourth-order valence-corrected chi connectivity index (χ4v) is 3.14. The molecule has 0 radical (unpaired) electrons. The number of carbonyl (C=O) groups excluding carboxylic acids is 5. The molecular formula is C21H25NO10. The van der Waals surface area contributed by atoms with E-state index in [9.17, 15) is 24.0 Å². The molecule has 0 aromatic heterocycles. The van der Waals surface area contributed by atoms with Gasteiger partial charge in [0.05, 0.1) is 5.56 Å². The van der Waals surface area contributed by atoms with Crippen LogP contribution >= 0.6 is 0 Å². The summed E-state index contributed by atoms with van der Waals surface area (Å²) in [6, 6.07) is 6.78. The molecule has 1 fully saturated rings. The Hall–Kier alpha value is -3.47. The summed E-state index contributed by atoms with van der Waals surface area (Å²) in [7, 11) is 0. The van der Waals surface area contributed by atoms with E-state index in [4.69, 9.17) is 23.7 Å². The first-order valence-corrected chi connectivity index (χ1v) is 9.75. The second-order valence-corrected chi connectivity index (χ2v) is 6.99. The highest BCUT2D eigenvalue weighted by atomic mass is 16.7. The van der Waals surface area contributed by atoms with Crippen LogP contribution in [0.1, 0.15) is 38.1 Å². The van der Waals surface area contributed by atoms with Crippen LogP contribution in [0.15, 0.2) is 30.3 Å². The quantitative estimate of drug-likeness (QED) is 0.460. The van der Waals surface area contributed by atoms with Crippen molar-refractivity contribution in [3.05, 3.63) is 35.9 Å². The van der Waals surface area contributed by atoms with Gasteiger partial charge in [-0.2, -0.15) is 0 Å². The number of carbonyl (C=O) groups is 5. The highest BCUT2D eigenvalue weighted by molar-refractivity contribution is 5.89. The van der Waals surface area contributed by atoms with Crippen molar-refractivity contribution in [1.82, 2.24) is 5.32 Å². The molecule has 2 rings (SSSR count). The minimum atomic E-state index is -1.46. The van der Waals surface area contributed by atoms with E-state index in [0.717, 1.165) is 13.8 Å². The van der Waals surface area contributed by atoms with Gasteiger partial charge in [0.15, 0.2) is 12.2 Å². The van der Waals surface area contributed by atoms with Crippen molar-refractivity contribution in [3.63, 3.8) is 0 Å². The number of benzene rings is 1. The van der Waals surface area contributed by atoms with Gasteiger partial charge in [-0.3, -0.25) is 19.2 Å². The Morgan fingerprint density at radius 1 is 0.844 bits per heavy atom. The number of nitrogens with one attached hydrogen (secondary N) is 1. The number of hydrogen-bond acceptors (Lipinski definition) is 10. The molecule has 0 aliphatic carbocycles. The first-order chi connectivity index (χ1) is 15.1. The van der Waals surface area contributed by atoms with Crippen LogP contribution < -0.4 is 5.32 Å². The summed E-state index contributed by atoms with van der Waals surface area (Å²) < 4.78 is 26.8. The molecule has 1 aliphatic heterocycles. The van der Waals surface area contributed by atoms with Gasteiger partial charge in [0.25, 0.3) is 0 Å². The third-order valence-corrected chi connectivity index (χ3v) is 4.30. The summed E-state index contributed by atoms with van der Waals surface area (Å²) in [5.74, 6) is -3.43. The summed E-state index contributed by atoms with van der Waals surface area (Å²) in [5.41, 5.74) is 0.209. The Morgan fingerprint density at radius 2 is 1.44 bits per heavy atom. The van der Waals surface area contributed by atoms with Crippen LogP contribution in [0.3, 0.4) is 0 Å². The van der Waals surface area contributed by atoms with E-state index in [1.54, 1.807) is 18.2 Å². The monoisotopic (exact) mass is 451 g/mol. The molecule has 11 heteroatoms. The van der Waals surface area contributed by atoms with Crippen LogP contribution in [-0.4, -0.2) is 67.0 Å². The smallest absolute Gasteiger partial charge is 0.340 e. The van der Waals surface area contributed by atoms with Gasteiger partial charge in [-0.25, -0.2) is 4.79 Å². The molecule has 0 bridgehead atoms. The van der Waals surface area contributed by atoms with Crippen molar-refractivity contribution < 1.29 is 47.7 Å². The van der Waals surface area contributed by atoms with Crippen LogP contribution in [0, 0.1) is 0 Å². The Labute approximate surface area is 184 Å². The van der Waals surface area contributed by atoms with Gasteiger partial charge in [-0.15, -0.1) is 0 Å². The van der Waals surface area contributed by atoms with Gasteiger partial charge >= 0.3 is 23.9 Å². The normalized spacial score (nSPS) is 24.6. The number of hydrogen-bond donors (Lipinski definition) is 1. The maximum atomic E-state index is 12.6. The second-order valence-electron chi connectivity index (χ2n) is 6.99.